The summed E-state index contributed by atoms with van der Waals surface area (Å²) in [6.45, 7) is 2.54. The first-order chi connectivity index (χ1) is 9.19. The summed E-state index contributed by atoms with van der Waals surface area (Å²) in [7, 11) is 0. The molecule has 1 aromatic rings. The van der Waals surface area contributed by atoms with Crippen LogP contribution < -0.4 is 0 Å². The van der Waals surface area contributed by atoms with Crippen LogP contribution in [0.2, 0.25) is 0 Å². The zero-order chi connectivity index (χ0) is 15.6. The fourth-order valence-electron chi connectivity index (χ4n) is 2.04. The maximum absolute atomic E-state index is 13.0. The van der Waals surface area contributed by atoms with E-state index >= 15 is 0 Å². The standard InChI is InChI=1S/C13H14F3NO3/c1-3-17(8-18)12(2,11(19)20)9-6-4-5-7-10(9)13(14,15)16/h4-8H,3H2,1-2H3,(H,19,20). The minimum absolute atomic E-state index is 0.0293. The third-order valence-corrected chi connectivity index (χ3v) is 3.22. The number of amides is 1. The predicted molar refractivity (Wildman–Crippen MR) is 64.9 cm³/mol. The highest BCUT2D eigenvalue weighted by molar-refractivity contribution is 5.83. The van der Waals surface area contributed by atoms with Crippen LogP contribution in [0.5, 0.6) is 0 Å². The quantitative estimate of drug-likeness (QED) is 0.847. The van der Waals surface area contributed by atoms with Crippen molar-refractivity contribution < 1.29 is 27.9 Å². The van der Waals surface area contributed by atoms with E-state index in [2.05, 4.69) is 0 Å². The van der Waals surface area contributed by atoms with E-state index in [0.29, 0.717) is 0 Å². The molecule has 0 fully saturated rings. The van der Waals surface area contributed by atoms with Crippen molar-refractivity contribution in [2.24, 2.45) is 0 Å². The van der Waals surface area contributed by atoms with Crippen LogP contribution in [0.1, 0.15) is 25.0 Å². The van der Waals surface area contributed by atoms with Gasteiger partial charge in [-0.15, -0.1) is 0 Å². The highest BCUT2D eigenvalue weighted by Gasteiger charge is 2.46. The number of nitrogens with zero attached hydrogens (tertiary/aromatic N) is 1. The first kappa shape index (κ1) is 16.0. The summed E-state index contributed by atoms with van der Waals surface area (Å²) in [5.74, 6) is -1.52. The van der Waals surface area contributed by atoms with E-state index in [-0.39, 0.29) is 13.0 Å². The SMILES string of the molecule is CCN(C=O)C(C)(C(=O)O)c1ccccc1C(F)(F)F. The molecule has 20 heavy (non-hydrogen) atoms. The van der Waals surface area contributed by atoms with Crippen molar-refractivity contribution in [2.45, 2.75) is 25.6 Å². The Kier molecular flexibility index (Phi) is 4.42. The zero-order valence-electron chi connectivity index (χ0n) is 10.9. The van der Waals surface area contributed by atoms with E-state index in [1.54, 1.807) is 0 Å². The third kappa shape index (κ3) is 2.61. The summed E-state index contributed by atoms with van der Waals surface area (Å²) < 4.78 is 39.0. The molecule has 1 N–H and O–H groups in total. The van der Waals surface area contributed by atoms with Crippen molar-refractivity contribution in [3.05, 3.63) is 35.4 Å². The van der Waals surface area contributed by atoms with E-state index in [0.717, 1.165) is 24.0 Å². The maximum Gasteiger partial charge on any atom is 0.416 e. The normalized spacial score (nSPS) is 14.4. The van der Waals surface area contributed by atoms with E-state index in [9.17, 15) is 27.9 Å². The van der Waals surface area contributed by atoms with Crippen LogP contribution in [0.3, 0.4) is 0 Å². The highest BCUT2D eigenvalue weighted by Crippen LogP contribution is 2.39. The van der Waals surface area contributed by atoms with E-state index < -0.39 is 28.8 Å². The largest absolute Gasteiger partial charge is 0.479 e. The molecule has 1 rings (SSSR count). The second kappa shape index (κ2) is 5.52. The molecule has 4 nitrogen and oxygen atoms in total. The van der Waals surface area contributed by atoms with Gasteiger partial charge in [0.15, 0.2) is 5.54 Å². The molecule has 0 aliphatic heterocycles. The molecule has 1 atom stereocenters. The Hall–Kier alpha value is -2.05. The number of carbonyl (C=O) groups is 2. The molecule has 0 saturated heterocycles. The van der Waals surface area contributed by atoms with Crippen LogP contribution in [0.4, 0.5) is 13.2 Å². The Morgan fingerprint density at radius 2 is 1.80 bits per heavy atom. The summed E-state index contributed by atoms with van der Waals surface area (Å²) in [5.41, 5.74) is -3.61. The average molecular weight is 289 g/mol. The predicted octanol–water partition coefficient (Wildman–Crippen LogP) is 2.48. The van der Waals surface area contributed by atoms with Crippen LogP contribution in [-0.4, -0.2) is 28.9 Å². The van der Waals surface area contributed by atoms with Gasteiger partial charge in [0, 0.05) is 12.1 Å². The van der Waals surface area contributed by atoms with Crippen LogP contribution in [0.25, 0.3) is 0 Å². The van der Waals surface area contributed by atoms with Gasteiger partial charge in [0.2, 0.25) is 6.41 Å². The number of alkyl halides is 3. The summed E-state index contributed by atoms with van der Waals surface area (Å²) in [4.78, 5) is 23.3. The summed E-state index contributed by atoms with van der Waals surface area (Å²) in [6.07, 6.45) is -4.46. The van der Waals surface area contributed by atoms with Crippen molar-refractivity contribution in [3.63, 3.8) is 0 Å². The molecule has 0 aliphatic rings. The van der Waals surface area contributed by atoms with Crippen molar-refractivity contribution in [3.8, 4) is 0 Å². The number of rotatable bonds is 5. The maximum atomic E-state index is 13.0. The lowest BCUT2D eigenvalue weighted by Gasteiger charge is -2.36. The molecule has 0 aromatic heterocycles. The van der Waals surface area contributed by atoms with Crippen molar-refractivity contribution >= 4 is 12.4 Å². The molecule has 0 spiro atoms. The number of hydrogen-bond donors (Lipinski definition) is 1. The molecule has 7 heteroatoms. The van der Waals surface area contributed by atoms with Gasteiger partial charge in [-0.05, 0) is 19.9 Å². The van der Waals surface area contributed by atoms with Crippen LogP contribution in [0.15, 0.2) is 24.3 Å². The highest BCUT2D eigenvalue weighted by atomic mass is 19.4. The van der Waals surface area contributed by atoms with Crippen molar-refractivity contribution in [2.75, 3.05) is 6.54 Å². The summed E-state index contributed by atoms with van der Waals surface area (Å²) >= 11 is 0. The van der Waals surface area contributed by atoms with E-state index in [4.69, 9.17) is 0 Å². The summed E-state index contributed by atoms with van der Waals surface area (Å²) in [6, 6.07) is 4.36. The number of carbonyl (C=O) groups excluding carboxylic acids is 1. The number of benzene rings is 1. The number of likely N-dealkylation sites (N-methyl/N-ethyl adjacent to an activating group) is 1. The molecule has 1 unspecified atom stereocenters. The van der Waals surface area contributed by atoms with Gasteiger partial charge in [0.05, 0.1) is 5.56 Å². The number of carboxylic acid groups (broad SMARTS) is 1. The van der Waals surface area contributed by atoms with Gasteiger partial charge < -0.3 is 10.0 Å². The lowest BCUT2D eigenvalue weighted by molar-refractivity contribution is -0.156. The second-order valence-corrected chi connectivity index (χ2v) is 4.31. The van der Waals surface area contributed by atoms with Crippen LogP contribution >= 0.6 is 0 Å². The van der Waals surface area contributed by atoms with Crippen molar-refractivity contribution in [1.29, 1.82) is 0 Å². The van der Waals surface area contributed by atoms with Gasteiger partial charge in [-0.3, -0.25) is 4.79 Å². The summed E-state index contributed by atoms with van der Waals surface area (Å²) in [5, 5.41) is 9.34. The Morgan fingerprint density at radius 1 is 1.30 bits per heavy atom. The van der Waals surface area contributed by atoms with E-state index in [1.165, 1.54) is 19.1 Å². The molecule has 1 aromatic carbocycles. The number of carboxylic acids is 1. The Bertz CT molecular complexity index is 516. The molecule has 0 heterocycles. The first-order valence-electron chi connectivity index (χ1n) is 5.81. The molecule has 0 aliphatic carbocycles. The van der Waals surface area contributed by atoms with Gasteiger partial charge in [-0.2, -0.15) is 13.2 Å². The fourth-order valence-corrected chi connectivity index (χ4v) is 2.04. The molecule has 0 radical (unpaired) electrons. The Morgan fingerprint density at radius 3 is 2.15 bits per heavy atom. The van der Waals surface area contributed by atoms with Crippen LogP contribution in [0, 0.1) is 0 Å². The lowest BCUT2D eigenvalue weighted by atomic mass is 9.86. The molecule has 0 bridgehead atoms. The van der Waals surface area contributed by atoms with Crippen LogP contribution in [-0.2, 0) is 21.3 Å². The average Bonchev–Trinajstić information content (AvgIpc) is 2.38. The van der Waals surface area contributed by atoms with Crippen molar-refractivity contribution in [1.82, 2.24) is 4.90 Å². The van der Waals surface area contributed by atoms with Gasteiger partial charge in [0.1, 0.15) is 0 Å². The lowest BCUT2D eigenvalue weighted by Crippen LogP contribution is -2.50. The zero-order valence-corrected chi connectivity index (χ0v) is 10.9. The Labute approximate surface area is 113 Å². The molecular weight excluding hydrogens is 275 g/mol. The minimum Gasteiger partial charge on any atom is -0.479 e. The topological polar surface area (TPSA) is 57.6 Å². The molecular formula is C13H14F3NO3. The third-order valence-electron chi connectivity index (χ3n) is 3.22. The van der Waals surface area contributed by atoms with E-state index in [1.807, 2.05) is 0 Å². The monoisotopic (exact) mass is 289 g/mol. The molecule has 110 valence electrons. The number of halogens is 3. The first-order valence-corrected chi connectivity index (χ1v) is 5.81. The minimum atomic E-state index is -4.70. The number of hydrogen-bond acceptors (Lipinski definition) is 2. The van der Waals surface area contributed by atoms with Gasteiger partial charge >= 0.3 is 12.1 Å². The van der Waals surface area contributed by atoms with Gasteiger partial charge in [-0.25, -0.2) is 4.79 Å². The van der Waals surface area contributed by atoms with Gasteiger partial charge in [-0.1, -0.05) is 18.2 Å². The number of aliphatic carboxylic acids is 1. The smallest absolute Gasteiger partial charge is 0.416 e. The second-order valence-electron chi connectivity index (χ2n) is 4.31. The Balaban J connectivity index is 3.60. The van der Waals surface area contributed by atoms with Gasteiger partial charge in [0.25, 0.3) is 0 Å². The molecule has 0 saturated carbocycles. The molecule has 1 amide bonds. The fraction of sp³-hybridized carbons (Fsp3) is 0.385.